The SMILES string of the molecule is CC(C)(Nc1cc(Br)ccc1C(=O)O)C1CC1. The van der Waals surface area contributed by atoms with E-state index in [1.165, 1.54) is 12.8 Å². The van der Waals surface area contributed by atoms with Gasteiger partial charge in [-0.25, -0.2) is 4.79 Å². The van der Waals surface area contributed by atoms with E-state index in [0.29, 0.717) is 17.2 Å². The predicted octanol–water partition coefficient (Wildman–Crippen LogP) is 3.75. The van der Waals surface area contributed by atoms with Crippen molar-refractivity contribution in [2.75, 3.05) is 5.32 Å². The van der Waals surface area contributed by atoms with Crippen LogP contribution in [0.5, 0.6) is 0 Å². The van der Waals surface area contributed by atoms with Gasteiger partial charge in [0.2, 0.25) is 0 Å². The molecule has 0 atom stereocenters. The number of carboxylic acids is 1. The number of anilines is 1. The molecule has 1 aromatic rings. The van der Waals surface area contributed by atoms with Crippen molar-refractivity contribution in [1.29, 1.82) is 0 Å². The number of benzene rings is 1. The highest BCUT2D eigenvalue weighted by atomic mass is 79.9. The second-order valence-electron chi connectivity index (χ2n) is 5.12. The Bertz CT molecular complexity index is 453. The fraction of sp³-hybridized carbons (Fsp3) is 0.462. The highest BCUT2D eigenvalue weighted by Gasteiger charge is 2.38. The van der Waals surface area contributed by atoms with Gasteiger partial charge in [0.15, 0.2) is 0 Å². The molecule has 1 fully saturated rings. The minimum atomic E-state index is -0.897. The van der Waals surface area contributed by atoms with Crippen LogP contribution in [-0.2, 0) is 0 Å². The Labute approximate surface area is 109 Å². The van der Waals surface area contributed by atoms with Crippen molar-refractivity contribution in [3.8, 4) is 0 Å². The van der Waals surface area contributed by atoms with Gasteiger partial charge in [-0.3, -0.25) is 0 Å². The first kappa shape index (κ1) is 12.4. The van der Waals surface area contributed by atoms with Crippen molar-refractivity contribution in [3.05, 3.63) is 28.2 Å². The van der Waals surface area contributed by atoms with E-state index in [4.69, 9.17) is 5.11 Å². The summed E-state index contributed by atoms with van der Waals surface area (Å²) < 4.78 is 0.886. The Morgan fingerprint density at radius 1 is 1.47 bits per heavy atom. The second kappa shape index (κ2) is 4.33. The summed E-state index contributed by atoms with van der Waals surface area (Å²) in [7, 11) is 0. The van der Waals surface area contributed by atoms with Crippen LogP contribution in [0.1, 0.15) is 37.0 Å². The topological polar surface area (TPSA) is 49.3 Å². The molecule has 1 aliphatic carbocycles. The molecule has 1 aromatic carbocycles. The highest BCUT2D eigenvalue weighted by molar-refractivity contribution is 9.10. The molecule has 1 aliphatic rings. The van der Waals surface area contributed by atoms with Gasteiger partial charge in [0.05, 0.1) is 11.3 Å². The first-order chi connectivity index (χ1) is 7.90. The van der Waals surface area contributed by atoms with E-state index in [2.05, 4.69) is 35.1 Å². The van der Waals surface area contributed by atoms with Gasteiger partial charge in [-0.1, -0.05) is 15.9 Å². The van der Waals surface area contributed by atoms with E-state index in [0.717, 1.165) is 4.47 Å². The van der Waals surface area contributed by atoms with Crippen LogP contribution in [0.15, 0.2) is 22.7 Å². The van der Waals surface area contributed by atoms with Crippen LogP contribution in [0.2, 0.25) is 0 Å². The number of carbonyl (C=O) groups is 1. The first-order valence-corrected chi connectivity index (χ1v) is 6.50. The molecule has 0 bridgehead atoms. The Kier molecular flexibility index (Phi) is 3.17. The van der Waals surface area contributed by atoms with Crippen LogP contribution in [-0.4, -0.2) is 16.6 Å². The Morgan fingerprint density at radius 2 is 2.12 bits per heavy atom. The minimum Gasteiger partial charge on any atom is -0.478 e. The molecule has 0 heterocycles. The number of halogens is 1. The quantitative estimate of drug-likeness (QED) is 0.890. The lowest BCUT2D eigenvalue weighted by atomic mass is 9.97. The first-order valence-electron chi connectivity index (χ1n) is 5.71. The van der Waals surface area contributed by atoms with Gasteiger partial charge < -0.3 is 10.4 Å². The van der Waals surface area contributed by atoms with Crippen molar-refractivity contribution in [2.24, 2.45) is 5.92 Å². The van der Waals surface area contributed by atoms with Crippen LogP contribution in [0.3, 0.4) is 0 Å². The summed E-state index contributed by atoms with van der Waals surface area (Å²) in [4.78, 5) is 11.1. The Morgan fingerprint density at radius 3 is 2.65 bits per heavy atom. The normalized spacial score (nSPS) is 15.7. The van der Waals surface area contributed by atoms with Crippen LogP contribution in [0.25, 0.3) is 0 Å². The molecule has 0 saturated heterocycles. The molecule has 3 nitrogen and oxygen atoms in total. The van der Waals surface area contributed by atoms with E-state index in [1.807, 2.05) is 6.07 Å². The summed E-state index contributed by atoms with van der Waals surface area (Å²) in [6.07, 6.45) is 2.44. The van der Waals surface area contributed by atoms with Gasteiger partial charge in [-0.15, -0.1) is 0 Å². The molecule has 0 aromatic heterocycles. The van der Waals surface area contributed by atoms with Crippen molar-refractivity contribution in [1.82, 2.24) is 0 Å². The van der Waals surface area contributed by atoms with Gasteiger partial charge in [0.1, 0.15) is 0 Å². The van der Waals surface area contributed by atoms with Crippen molar-refractivity contribution < 1.29 is 9.90 Å². The largest absolute Gasteiger partial charge is 0.478 e. The summed E-state index contributed by atoms with van der Waals surface area (Å²) in [6, 6.07) is 5.20. The predicted molar refractivity (Wildman–Crippen MR) is 71.5 cm³/mol. The standard InChI is InChI=1S/C13H16BrNO2/c1-13(2,8-3-4-8)15-11-7-9(14)5-6-10(11)12(16)17/h5-8,15H,3-4H2,1-2H3,(H,16,17). The van der Waals surface area contributed by atoms with Gasteiger partial charge in [0, 0.05) is 10.0 Å². The van der Waals surface area contributed by atoms with Gasteiger partial charge >= 0.3 is 5.97 Å². The molecule has 2 N–H and O–H groups in total. The smallest absolute Gasteiger partial charge is 0.337 e. The van der Waals surface area contributed by atoms with Crippen molar-refractivity contribution in [3.63, 3.8) is 0 Å². The number of nitrogens with one attached hydrogen (secondary N) is 1. The highest BCUT2D eigenvalue weighted by Crippen LogP contribution is 2.41. The minimum absolute atomic E-state index is 0.0506. The number of carboxylic acid groups (broad SMARTS) is 1. The zero-order valence-electron chi connectivity index (χ0n) is 9.96. The Balaban J connectivity index is 2.30. The fourth-order valence-corrected chi connectivity index (χ4v) is 2.42. The zero-order chi connectivity index (χ0) is 12.6. The average Bonchev–Trinajstić information content (AvgIpc) is 2.99. The molecule has 4 heteroatoms. The number of rotatable bonds is 4. The molecule has 0 spiro atoms. The van der Waals surface area contributed by atoms with Crippen LogP contribution in [0.4, 0.5) is 5.69 Å². The maximum absolute atomic E-state index is 11.1. The number of hydrogen-bond acceptors (Lipinski definition) is 2. The van der Waals surface area contributed by atoms with E-state index < -0.39 is 5.97 Å². The Hall–Kier alpha value is -1.03. The average molecular weight is 298 g/mol. The summed E-state index contributed by atoms with van der Waals surface area (Å²) in [5.41, 5.74) is 0.955. The lowest BCUT2D eigenvalue weighted by Crippen LogP contribution is -2.34. The molecular weight excluding hydrogens is 282 g/mol. The summed E-state index contributed by atoms with van der Waals surface area (Å²) in [6.45, 7) is 4.24. The number of aromatic carboxylic acids is 1. The van der Waals surface area contributed by atoms with Crippen molar-refractivity contribution in [2.45, 2.75) is 32.2 Å². The lowest BCUT2D eigenvalue weighted by molar-refractivity contribution is 0.0698. The van der Waals surface area contributed by atoms with Gasteiger partial charge in [0.25, 0.3) is 0 Å². The maximum atomic E-state index is 11.1. The molecule has 0 radical (unpaired) electrons. The third-order valence-corrected chi connectivity index (χ3v) is 3.76. The third kappa shape index (κ3) is 2.80. The lowest BCUT2D eigenvalue weighted by Gasteiger charge is -2.28. The van der Waals surface area contributed by atoms with Crippen LogP contribution >= 0.6 is 15.9 Å². The molecule has 1 saturated carbocycles. The summed E-state index contributed by atoms with van der Waals surface area (Å²) in [5.74, 6) is -0.255. The zero-order valence-corrected chi connectivity index (χ0v) is 11.5. The maximum Gasteiger partial charge on any atom is 0.337 e. The third-order valence-electron chi connectivity index (χ3n) is 3.27. The van der Waals surface area contributed by atoms with E-state index in [1.54, 1.807) is 12.1 Å². The summed E-state index contributed by atoms with van der Waals surface area (Å²) >= 11 is 3.37. The molecule has 17 heavy (non-hydrogen) atoms. The van der Waals surface area contributed by atoms with E-state index in [9.17, 15) is 4.79 Å². The molecule has 0 aliphatic heterocycles. The van der Waals surface area contributed by atoms with Gasteiger partial charge in [-0.05, 0) is 50.8 Å². The van der Waals surface area contributed by atoms with E-state index in [-0.39, 0.29) is 5.54 Å². The second-order valence-corrected chi connectivity index (χ2v) is 6.03. The van der Waals surface area contributed by atoms with Crippen molar-refractivity contribution >= 4 is 27.6 Å². The summed E-state index contributed by atoms with van der Waals surface area (Å²) in [5, 5.41) is 12.5. The van der Waals surface area contributed by atoms with E-state index >= 15 is 0 Å². The van der Waals surface area contributed by atoms with Crippen LogP contribution < -0.4 is 5.32 Å². The molecule has 0 amide bonds. The molecule has 2 rings (SSSR count). The van der Waals surface area contributed by atoms with Crippen LogP contribution in [0, 0.1) is 5.92 Å². The molecule has 92 valence electrons. The monoisotopic (exact) mass is 297 g/mol. The molecular formula is C13H16BrNO2. The molecule has 0 unspecified atom stereocenters. The number of hydrogen-bond donors (Lipinski definition) is 2. The van der Waals surface area contributed by atoms with Gasteiger partial charge in [-0.2, -0.15) is 0 Å². The fourth-order valence-electron chi connectivity index (χ4n) is 2.06.